The molecule has 33 heavy (non-hydrogen) atoms. The van der Waals surface area contributed by atoms with E-state index in [1.54, 1.807) is 20.8 Å². The van der Waals surface area contributed by atoms with Crippen molar-refractivity contribution in [1.82, 2.24) is 10.6 Å². The number of ether oxygens (including phenoxy) is 1. The van der Waals surface area contributed by atoms with E-state index < -0.39 is 24.9 Å². The molecule has 1 unspecified atom stereocenters. The van der Waals surface area contributed by atoms with Crippen molar-refractivity contribution < 1.29 is 23.6 Å². The minimum absolute atomic E-state index is 0.0617. The zero-order valence-corrected chi connectivity index (χ0v) is 22.3. The minimum atomic E-state index is -0.708. The van der Waals surface area contributed by atoms with E-state index in [2.05, 4.69) is 45.3 Å². The van der Waals surface area contributed by atoms with Gasteiger partial charge in [0.15, 0.2) is 0 Å². The van der Waals surface area contributed by atoms with Crippen LogP contribution in [0.4, 0.5) is 4.79 Å². The average Bonchev–Trinajstić information content (AvgIpc) is 3.00. The van der Waals surface area contributed by atoms with E-state index in [4.69, 9.17) is 14.0 Å². The average molecular weight is 464 g/mol. The molecule has 2 N–H and O–H groups in total. The van der Waals surface area contributed by atoms with Crippen LogP contribution in [0, 0.1) is 29.1 Å². The highest BCUT2D eigenvalue weighted by Gasteiger charge is 2.68. The minimum Gasteiger partial charge on any atom is -0.444 e. The lowest BCUT2D eigenvalue weighted by Crippen LogP contribution is -2.65. The fraction of sp³-hybridized carbons (Fsp3) is 0.920. The number of amides is 2. The molecule has 1 saturated heterocycles. The maximum atomic E-state index is 13.3. The second kappa shape index (κ2) is 9.06. The molecule has 3 aliphatic carbocycles. The van der Waals surface area contributed by atoms with Crippen LogP contribution in [0.1, 0.15) is 88.5 Å². The number of carbonyl (C=O) groups excluding carboxylic acids is 2. The van der Waals surface area contributed by atoms with Crippen molar-refractivity contribution in [3.8, 4) is 0 Å². The molecule has 6 atom stereocenters. The second-order valence-electron chi connectivity index (χ2n) is 12.9. The fourth-order valence-corrected chi connectivity index (χ4v) is 6.06. The first-order valence-electron chi connectivity index (χ1n) is 12.7. The molecule has 4 aliphatic rings. The van der Waals surface area contributed by atoms with Gasteiger partial charge >= 0.3 is 13.2 Å². The van der Waals surface area contributed by atoms with Crippen molar-refractivity contribution in [3.63, 3.8) is 0 Å². The standard InChI is InChI=1S/C25H45BN2O5/c1-14(2)11-19(27-21(29)20(15(3)4)28-22(30)31-23(5,6)7)26-32-18-13-16-12-17(24(16,8)9)25(18,10)33-26/h14-20H,11-13H2,1-10H3,(H,27,29)(H,28,30)/t16-,17-,18+,19?,20-,25-/m0/s1. The summed E-state index contributed by atoms with van der Waals surface area (Å²) in [5.74, 6) is 0.853. The summed E-state index contributed by atoms with van der Waals surface area (Å²) in [7, 11) is -0.490. The molecule has 4 fully saturated rings. The number of hydrogen-bond donors (Lipinski definition) is 2. The molecule has 0 aromatic carbocycles. The second-order valence-corrected chi connectivity index (χ2v) is 12.9. The molecule has 3 saturated carbocycles. The third kappa shape index (κ3) is 5.37. The van der Waals surface area contributed by atoms with E-state index in [-0.39, 0.29) is 34.9 Å². The van der Waals surface area contributed by atoms with Crippen LogP contribution < -0.4 is 10.6 Å². The Hall–Kier alpha value is -1.28. The zero-order chi connectivity index (χ0) is 24.9. The van der Waals surface area contributed by atoms with Gasteiger partial charge in [-0.3, -0.25) is 4.79 Å². The molecule has 188 valence electrons. The first-order valence-corrected chi connectivity index (χ1v) is 12.7. The molecule has 4 rings (SSSR count). The van der Waals surface area contributed by atoms with Crippen molar-refractivity contribution in [2.24, 2.45) is 29.1 Å². The van der Waals surface area contributed by atoms with Crippen LogP contribution in [-0.4, -0.2) is 48.4 Å². The molecule has 2 amide bonds. The van der Waals surface area contributed by atoms with E-state index in [0.717, 1.165) is 12.8 Å². The lowest BCUT2D eigenvalue weighted by Gasteiger charge is -2.64. The Morgan fingerprint density at radius 2 is 1.73 bits per heavy atom. The van der Waals surface area contributed by atoms with Gasteiger partial charge in [-0.25, -0.2) is 4.79 Å². The summed E-state index contributed by atoms with van der Waals surface area (Å²) in [5, 5.41) is 5.91. The molecule has 8 heteroatoms. The van der Waals surface area contributed by atoms with Gasteiger partial charge < -0.3 is 24.7 Å². The van der Waals surface area contributed by atoms with Crippen LogP contribution in [0.15, 0.2) is 0 Å². The maximum Gasteiger partial charge on any atom is 0.481 e. The summed E-state index contributed by atoms with van der Waals surface area (Å²) in [6.07, 6.45) is 2.39. The molecular formula is C25H45BN2O5. The van der Waals surface area contributed by atoms with Crippen LogP contribution in [0.2, 0.25) is 0 Å². The summed E-state index contributed by atoms with van der Waals surface area (Å²) < 4.78 is 18.5. The Balaban J connectivity index is 1.71. The summed E-state index contributed by atoms with van der Waals surface area (Å²) in [5.41, 5.74) is -0.691. The van der Waals surface area contributed by atoms with Crippen LogP contribution in [0.3, 0.4) is 0 Å². The summed E-state index contributed by atoms with van der Waals surface area (Å²) >= 11 is 0. The van der Waals surface area contributed by atoms with Gasteiger partial charge in [-0.15, -0.1) is 0 Å². The maximum absolute atomic E-state index is 13.3. The summed E-state index contributed by atoms with van der Waals surface area (Å²) in [4.78, 5) is 25.7. The summed E-state index contributed by atoms with van der Waals surface area (Å²) in [6.45, 7) is 20.3. The SMILES string of the molecule is CC(C)CC(NC(=O)[C@@H](NC(=O)OC(C)(C)C)C(C)C)B1O[C@@H]2C[C@@H]3C[C@@H](C3(C)C)[C@]2(C)O1. The lowest BCUT2D eigenvalue weighted by molar-refractivity contribution is -0.199. The van der Waals surface area contributed by atoms with Crippen molar-refractivity contribution in [2.45, 2.75) is 118 Å². The Morgan fingerprint density at radius 1 is 1.09 bits per heavy atom. The third-order valence-corrected chi connectivity index (χ3v) is 7.97. The number of alkyl carbamates (subject to hydrolysis) is 1. The van der Waals surface area contributed by atoms with Crippen molar-refractivity contribution in [2.75, 3.05) is 0 Å². The Labute approximate surface area is 200 Å². The topological polar surface area (TPSA) is 85.9 Å². The van der Waals surface area contributed by atoms with Gasteiger partial charge in [0.2, 0.25) is 5.91 Å². The van der Waals surface area contributed by atoms with Gasteiger partial charge in [-0.05, 0) is 76.0 Å². The van der Waals surface area contributed by atoms with Crippen LogP contribution in [0.25, 0.3) is 0 Å². The molecule has 0 aromatic heterocycles. The number of hydrogen-bond acceptors (Lipinski definition) is 5. The van der Waals surface area contributed by atoms with Gasteiger partial charge in [0.1, 0.15) is 11.6 Å². The fourth-order valence-electron chi connectivity index (χ4n) is 6.06. The summed E-state index contributed by atoms with van der Waals surface area (Å²) in [6, 6.07) is -0.708. The van der Waals surface area contributed by atoms with Gasteiger partial charge in [0.05, 0.1) is 17.6 Å². The molecule has 0 spiro atoms. The normalized spacial score (nSPS) is 32.1. The molecule has 0 aromatic rings. The highest BCUT2D eigenvalue weighted by molar-refractivity contribution is 6.47. The van der Waals surface area contributed by atoms with E-state index in [9.17, 15) is 9.59 Å². The van der Waals surface area contributed by atoms with Crippen LogP contribution in [0.5, 0.6) is 0 Å². The van der Waals surface area contributed by atoms with E-state index >= 15 is 0 Å². The lowest BCUT2D eigenvalue weighted by atomic mass is 9.43. The van der Waals surface area contributed by atoms with Crippen molar-refractivity contribution in [3.05, 3.63) is 0 Å². The Bertz CT molecular complexity index is 750. The van der Waals surface area contributed by atoms with Gasteiger partial charge in [-0.1, -0.05) is 41.5 Å². The smallest absolute Gasteiger partial charge is 0.444 e. The number of carbonyl (C=O) groups is 2. The zero-order valence-electron chi connectivity index (χ0n) is 22.3. The highest BCUT2D eigenvalue weighted by Crippen LogP contribution is 2.65. The molecule has 0 radical (unpaired) electrons. The predicted molar refractivity (Wildman–Crippen MR) is 129 cm³/mol. The monoisotopic (exact) mass is 464 g/mol. The van der Waals surface area contributed by atoms with Crippen LogP contribution >= 0.6 is 0 Å². The quantitative estimate of drug-likeness (QED) is 0.548. The van der Waals surface area contributed by atoms with E-state index in [0.29, 0.717) is 17.8 Å². The number of rotatable bonds is 7. The molecule has 1 aliphatic heterocycles. The largest absolute Gasteiger partial charge is 0.481 e. The van der Waals surface area contributed by atoms with Crippen molar-refractivity contribution in [1.29, 1.82) is 0 Å². The highest BCUT2D eigenvalue weighted by atomic mass is 16.7. The predicted octanol–water partition coefficient (Wildman–Crippen LogP) is 4.33. The molecular weight excluding hydrogens is 419 g/mol. The van der Waals surface area contributed by atoms with E-state index in [1.165, 1.54) is 6.42 Å². The molecule has 2 bridgehead atoms. The molecule has 1 heterocycles. The third-order valence-electron chi connectivity index (χ3n) is 7.97. The van der Waals surface area contributed by atoms with Gasteiger partial charge in [0.25, 0.3) is 0 Å². The number of nitrogens with one attached hydrogen (secondary N) is 2. The Morgan fingerprint density at radius 3 is 2.24 bits per heavy atom. The van der Waals surface area contributed by atoms with Crippen molar-refractivity contribution >= 4 is 19.1 Å². The molecule has 7 nitrogen and oxygen atoms in total. The van der Waals surface area contributed by atoms with Crippen LogP contribution in [-0.2, 0) is 18.8 Å². The Kier molecular flexibility index (Phi) is 7.23. The van der Waals surface area contributed by atoms with Gasteiger partial charge in [-0.2, -0.15) is 0 Å². The first kappa shape index (κ1) is 26.3. The first-order chi connectivity index (χ1) is 15.0. The van der Waals surface area contributed by atoms with E-state index in [1.807, 2.05) is 13.8 Å². The van der Waals surface area contributed by atoms with Gasteiger partial charge in [0, 0.05) is 0 Å².